The number of amides is 1. The number of hydrogen-bond acceptors (Lipinski definition) is 5. The SMILES string of the molecule is CN1C(=O)COC(C(=O)O)C1c1ccc(Br)cc1[N+](=O)[O-]. The van der Waals surface area contributed by atoms with Crippen LogP contribution in [0.4, 0.5) is 5.69 Å². The van der Waals surface area contributed by atoms with Crippen LogP contribution in [0, 0.1) is 10.1 Å². The monoisotopic (exact) mass is 358 g/mol. The van der Waals surface area contributed by atoms with Gasteiger partial charge in [0, 0.05) is 17.6 Å². The zero-order valence-electron chi connectivity index (χ0n) is 10.9. The average molecular weight is 359 g/mol. The van der Waals surface area contributed by atoms with E-state index in [4.69, 9.17) is 4.74 Å². The van der Waals surface area contributed by atoms with Gasteiger partial charge in [-0.2, -0.15) is 0 Å². The van der Waals surface area contributed by atoms with Crippen molar-refractivity contribution in [2.24, 2.45) is 0 Å². The molecule has 0 aromatic heterocycles. The summed E-state index contributed by atoms with van der Waals surface area (Å²) in [5, 5.41) is 20.4. The molecule has 1 amide bonds. The van der Waals surface area contributed by atoms with Crippen molar-refractivity contribution in [1.82, 2.24) is 4.90 Å². The maximum Gasteiger partial charge on any atom is 0.335 e. The lowest BCUT2D eigenvalue weighted by Gasteiger charge is -2.36. The Morgan fingerprint density at radius 1 is 1.57 bits per heavy atom. The number of likely N-dealkylation sites (N-methyl/N-ethyl adjacent to an activating group) is 1. The summed E-state index contributed by atoms with van der Waals surface area (Å²) in [5.74, 6) is -1.72. The number of carbonyl (C=O) groups is 2. The molecule has 1 aromatic rings. The summed E-state index contributed by atoms with van der Waals surface area (Å²) in [6.07, 6.45) is -1.35. The van der Waals surface area contributed by atoms with E-state index in [1.807, 2.05) is 0 Å². The van der Waals surface area contributed by atoms with Crippen LogP contribution >= 0.6 is 15.9 Å². The predicted octanol–water partition coefficient (Wildman–Crippen LogP) is 1.34. The van der Waals surface area contributed by atoms with Crippen LogP contribution in [0.15, 0.2) is 22.7 Å². The molecule has 1 heterocycles. The Labute approximate surface area is 127 Å². The fourth-order valence-electron chi connectivity index (χ4n) is 2.22. The summed E-state index contributed by atoms with van der Waals surface area (Å²) in [4.78, 5) is 34.7. The number of carbonyl (C=O) groups excluding carboxylic acids is 1. The van der Waals surface area contributed by atoms with Crippen molar-refractivity contribution in [1.29, 1.82) is 0 Å². The van der Waals surface area contributed by atoms with Crippen LogP contribution in [0.1, 0.15) is 11.6 Å². The second kappa shape index (κ2) is 5.78. The molecule has 21 heavy (non-hydrogen) atoms. The van der Waals surface area contributed by atoms with Gasteiger partial charge in [-0.15, -0.1) is 0 Å². The second-order valence-corrected chi connectivity index (χ2v) is 5.40. The molecule has 8 nitrogen and oxygen atoms in total. The fourth-order valence-corrected chi connectivity index (χ4v) is 2.56. The number of ether oxygens (including phenoxy) is 1. The van der Waals surface area contributed by atoms with Gasteiger partial charge in [0.2, 0.25) is 5.91 Å². The van der Waals surface area contributed by atoms with Crippen molar-refractivity contribution in [2.45, 2.75) is 12.1 Å². The van der Waals surface area contributed by atoms with Crippen LogP contribution in [0.3, 0.4) is 0 Å². The van der Waals surface area contributed by atoms with Crippen molar-refractivity contribution in [3.05, 3.63) is 38.3 Å². The lowest BCUT2D eigenvalue weighted by atomic mass is 9.96. The molecule has 2 unspecified atom stereocenters. The summed E-state index contributed by atoms with van der Waals surface area (Å²) < 4.78 is 5.51. The maximum atomic E-state index is 11.7. The van der Waals surface area contributed by atoms with Crippen LogP contribution in [0.5, 0.6) is 0 Å². The summed E-state index contributed by atoms with van der Waals surface area (Å²) in [6, 6.07) is 3.17. The Kier molecular flexibility index (Phi) is 4.24. The zero-order chi connectivity index (χ0) is 15.7. The first-order valence-corrected chi connectivity index (χ1v) is 6.66. The van der Waals surface area contributed by atoms with E-state index in [1.54, 1.807) is 6.07 Å². The summed E-state index contributed by atoms with van der Waals surface area (Å²) >= 11 is 3.13. The zero-order valence-corrected chi connectivity index (χ0v) is 12.4. The molecule has 1 aliphatic heterocycles. The van der Waals surface area contributed by atoms with Gasteiger partial charge in [0.25, 0.3) is 5.69 Å². The van der Waals surface area contributed by atoms with Crippen molar-refractivity contribution in [3.8, 4) is 0 Å². The molecule has 112 valence electrons. The summed E-state index contributed by atoms with van der Waals surface area (Å²) in [6.45, 7) is -0.367. The number of carboxylic acid groups (broad SMARTS) is 1. The van der Waals surface area contributed by atoms with E-state index < -0.39 is 28.9 Å². The second-order valence-electron chi connectivity index (χ2n) is 4.48. The number of aliphatic carboxylic acids is 1. The Hall–Kier alpha value is -2.00. The van der Waals surface area contributed by atoms with E-state index in [2.05, 4.69) is 15.9 Å². The van der Waals surface area contributed by atoms with Crippen LogP contribution in [0.25, 0.3) is 0 Å². The molecule has 0 aliphatic carbocycles. The number of carboxylic acids is 1. The number of morpholine rings is 1. The molecule has 1 aromatic carbocycles. The van der Waals surface area contributed by atoms with Gasteiger partial charge in [-0.25, -0.2) is 4.79 Å². The molecular formula is C12H11BrN2O6. The third-order valence-electron chi connectivity index (χ3n) is 3.24. The average Bonchev–Trinajstić information content (AvgIpc) is 2.41. The number of rotatable bonds is 3. The van der Waals surface area contributed by atoms with Gasteiger partial charge in [0.05, 0.1) is 10.5 Å². The topological polar surface area (TPSA) is 110 Å². The minimum absolute atomic E-state index is 0.117. The highest BCUT2D eigenvalue weighted by Gasteiger charge is 2.42. The molecule has 2 atom stereocenters. The van der Waals surface area contributed by atoms with E-state index >= 15 is 0 Å². The standard InChI is InChI=1S/C12H11BrN2O6/c1-14-9(16)5-21-11(12(17)18)10(14)7-3-2-6(13)4-8(7)15(19)20/h2-4,10-11H,5H2,1H3,(H,17,18). The molecule has 0 saturated carbocycles. The number of benzene rings is 1. The van der Waals surface area contributed by atoms with Crippen molar-refractivity contribution < 1.29 is 24.4 Å². The largest absolute Gasteiger partial charge is 0.479 e. The van der Waals surface area contributed by atoms with Crippen molar-refractivity contribution in [3.63, 3.8) is 0 Å². The van der Waals surface area contributed by atoms with Crippen LogP contribution < -0.4 is 0 Å². The molecule has 0 radical (unpaired) electrons. The van der Waals surface area contributed by atoms with Crippen LogP contribution in [0.2, 0.25) is 0 Å². The first-order chi connectivity index (χ1) is 9.82. The van der Waals surface area contributed by atoms with E-state index in [0.717, 1.165) is 0 Å². The van der Waals surface area contributed by atoms with E-state index in [0.29, 0.717) is 4.47 Å². The third-order valence-corrected chi connectivity index (χ3v) is 3.73. The fraction of sp³-hybridized carbons (Fsp3) is 0.333. The molecule has 2 rings (SSSR count). The normalized spacial score (nSPS) is 22.2. The summed E-state index contributed by atoms with van der Waals surface area (Å²) in [5.41, 5.74) is -0.156. The molecule has 0 spiro atoms. The molecule has 9 heteroatoms. The Morgan fingerprint density at radius 2 is 2.24 bits per heavy atom. The lowest BCUT2D eigenvalue weighted by molar-refractivity contribution is -0.386. The van der Waals surface area contributed by atoms with Crippen molar-refractivity contribution >= 4 is 33.5 Å². The number of halogens is 1. The first kappa shape index (κ1) is 15.4. The summed E-state index contributed by atoms with van der Waals surface area (Å²) in [7, 11) is 1.40. The molecule has 1 saturated heterocycles. The Bertz CT molecular complexity index is 620. The highest BCUT2D eigenvalue weighted by atomic mass is 79.9. The van der Waals surface area contributed by atoms with Crippen molar-refractivity contribution in [2.75, 3.05) is 13.7 Å². The van der Waals surface area contributed by atoms with Gasteiger partial charge in [0.15, 0.2) is 6.10 Å². The van der Waals surface area contributed by atoms with Gasteiger partial charge in [-0.05, 0) is 12.1 Å². The molecular weight excluding hydrogens is 348 g/mol. The molecule has 1 fully saturated rings. The maximum absolute atomic E-state index is 11.7. The van der Waals surface area contributed by atoms with E-state index in [-0.39, 0.29) is 17.9 Å². The number of nitrogens with zero attached hydrogens (tertiary/aromatic N) is 2. The quantitative estimate of drug-likeness (QED) is 0.644. The number of nitro groups is 1. The highest BCUT2D eigenvalue weighted by Crippen LogP contribution is 2.36. The van der Waals surface area contributed by atoms with E-state index in [1.165, 1.54) is 24.1 Å². The van der Waals surface area contributed by atoms with Crippen LogP contribution in [-0.2, 0) is 14.3 Å². The van der Waals surface area contributed by atoms with Gasteiger partial charge >= 0.3 is 5.97 Å². The van der Waals surface area contributed by atoms with Gasteiger partial charge in [-0.1, -0.05) is 15.9 Å². The lowest BCUT2D eigenvalue weighted by Crippen LogP contribution is -2.50. The predicted molar refractivity (Wildman–Crippen MR) is 73.7 cm³/mol. The first-order valence-electron chi connectivity index (χ1n) is 5.87. The smallest absolute Gasteiger partial charge is 0.335 e. The molecule has 1 N–H and O–H groups in total. The third kappa shape index (κ3) is 2.88. The van der Waals surface area contributed by atoms with E-state index in [9.17, 15) is 24.8 Å². The molecule has 0 bridgehead atoms. The number of nitro benzene ring substituents is 1. The minimum atomic E-state index is -1.35. The van der Waals surface area contributed by atoms with Crippen LogP contribution in [-0.4, -0.2) is 46.6 Å². The minimum Gasteiger partial charge on any atom is -0.479 e. The number of hydrogen-bond donors (Lipinski definition) is 1. The van der Waals surface area contributed by atoms with Gasteiger partial charge in [0.1, 0.15) is 12.6 Å². The Morgan fingerprint density at radius 3 is 2.81 bits per heavy atom. The van der Waals surface area contributed by atoms with Gasteiger partial charge in [-0.3, -0.25) is 14.9 Å². The molecule has 1 aliphatic rings. The van der Waals surface area contributed by atoms with Gasteiger partial charge < -0.3 is 14.7 Å². The Balaban J connectivity index is 2.57. The highest BCUT2D eigenvalue weighted by molar-refractivity contribution is 9.10.